The van der Waals surface area contributed by atoms with E-state index < -0.39 is 0 Å². The van der Waals surface area contributed by atoms with Gasteiger partial charge in [0.15, 0.2) is 6.29 Å². The van der Waals surface area contributed by atoms with Gasteiger partial charge in [-0.2, -0.15) is 0 Å². The van der Waals surface area contributed by atoms with E-state index in [0.717, 1.165) is 18.6 Å². The van der Waals surface area contributed by atoms with Gasteiger partial charge in [0.1, 0.15) is 5.75 Å². The molecule has 0 aromatic heterocycles. The van der Waals surface area contributed by atoms with Crippen LogP contribution in [-0.2, 0) is 15.9 Å². The van der Waals surface area contributed by atoms with Crippen molar-refractivity contribution in [2.24, 2.45) is 5.73 Å². The molecule has 1 aromatic carbocycles. The minimum Gasteiger partial charge on any atom is -0.493 e. The van der Waals surface area contributed by atoms with Crippen LogP contribution in [0.5, 0.6) is 5.75 Å². The van der Waals surface area contributed by atoms with Gasteiger partial charge in [0, 0.05) is 19.6 Å². The molecule has 0 radical (unpaired) electrons. The first-order valence-electron chi connectivity index (χ1n) is 6.95. The van der Waals surface area contributed by atoms with Crippen molar-refractivity contribution >= 4 is 0 Å². The summed E-state index contributed by atoms with van der Waals surface area (Å²) in [6.07, 6.45) is 1.45. The third-order valence-corrected chi connectivity index (χ3v) is 2.68. The van der Waals surface area contributed by atoms with Gasteiger partial charge < -0.3 is 19.9 Å². The zero-order chi connectivity index (χ0) is 13.9. The first-order chi connectivity index (χ1) is 9.30. The summed E-state index contributed by atoms with van der Waals surface area (Å²) < 4.78 is 16.6. The van der Waals surface area contributed by atoms with Gasteiger partial charge in [0.2, 0.25) is 0 Å². The van der Waals surface area contributed by atoms with Gasteiger partial charge in [-0.05, 0) is 44.5 Å². The number of ether oxygens (including phenoxy) is 3. The Kier molecular flexibility index (Phi) is 8.21. The second kappa shape index (κ2) is 9.78. The van der Waals surface area contributed by atoms with Crippen molar-refractivity contribution in [3.8, 4) is 5.75 Å². The van der Waals surface area contributed by atoms with Crippen LogP contribution in [0.4, 0.5) is 0 Å². The van der Waals surface area contributed by atoms with Crippen LogP contribution in [0.3, 0.4) is 0 Å². The van der Waals surface area contributed by atoms with E-state index in [-0.39, 0.29) is 6.29 Å². The van der Waals surface area contributed by atoms with E-state index in [2.05, 4.69) is 0 Å². The third kappa shape index (κ3) is 6.57. The average molecular weight is 267 g/mol. The molecule has 108 valence electrons. The third-order valence-electron chi connectivity index (χ3n) is 2.68. The minimum absolute atomic E-state index is 0.175. The van der Waals surface area contributed by atoms with E-state index in [0.29, 0.717) is 26.4 Å². The fourth-order valence-electron chi connectivity index (χ4n) is 1.78. The highest BCUT2D eigenvalue weighted by Gasteiger charge is 2.07. The summed E-state index contributed by atoms with van der Waals surface area (Å²) in [7, 11) is 0. The predicted molar refractivity (Wildman–Crippen MR) is 76.4 cm³/mol. The maximum atomic E-state index is 5.67. The fraction of sp³-hybridized carbons (Fsp3) is 0.600. The Morgan fingerprint density at radius 3 is 2.21 bits per heavy atom. The molecule has 1 rings (SSSR count). The quantitative estimate of drug-likeness (QED) is 0.661. The van der Waals surface area contributed by atoms with Crippen LogP contribution < -0.4 is 10.5 Å². The summed E-state index contributed by atoms with van der Waals surface area (Å²) in [5.74, 6) is 0.868. The summed E-state index contributed by atoms with van der Waals surface area (Å²) in [5.41, 5.74) is 6.74. The summed E-state index contributed by atoms with van der Waals surface area (Å²) in [5, 5.41) is 0. The lowest BCUT2D eigenvalue weighted by atomic mass is 10.1. The van der Waals surface area contributed by atoms with Gasteiger partial charge in [-0.1, -0.05) is 12.1 Å². The Hall–Kier alpha value is -1.10. The fourth-order valence-corrected chi connectivity index (χ4v) is 1.78. The van der Waals surface area contributed by atoms with E-state index in [9.17, 15) is 0 Å². The van der Waals surface area contributed by atoms with E-state index in [1.54, 1.807) is 0 Å². The predicted octanol–water partition coefficient (Wildman–Crippen LogP) is 2.36. The van der Waals surface area contributed by atoms with Crippen molar-refractivity contribution < 1.29 is 14.2 Å². The molecule has 0 spiro atoms. The lowest BCUT2D eigenvalue weighted by molar-refractivity contribution is -0.142. The molecule has 0 aliphatic heterocycles. The van der Waals surface area contributed by atoms with Gasteiger partial charge in [0.25, 0.3) is 0 Å². The van der Waals surface area contributed by atoms with Crippen molar-refractivity contribution in [3.05, 3.63) is 29.8 Å². The molecule has 2 N–H and O–H groups in total. The Bertz CT molecular complexity index is 321. The molecule has 0 saturated heterocycles. The summed E-state index contributed by atoms with van der Waals surface area (Å²) in [6, 6.07) is 8.04. The van der Waals surface area contributed by atoms with E-state index in [1.165, 1.54) is 5.56 Å². The van der Waals surface area contributed by atoms with Crippen molar-refractivity contribution in [2.75, 3.05) is 26.4 Å². The summed E-state index contributed by atoms with van der Waals surface area (Å²) >= 11 is 0. The normalized spacial score (nSPS) is 10.9. The van der Waals surface area contributed by atoms with Crippen LogP contribution in [0.2, 0.25) is 0 Å². The highest BCUT2D eigenvalue weighted by molar-refractivity contribution is 5.27. The molecule has 0 aliphatic rings. The largest absolute Gasteiger partial charge is 0.493 e. The molecule has 0 atom stereocenters. The minimum atomic E-state index is -0.175. The maximum Gasteiger partial charge on any atom is 0.160 e. The lowest BCUT2D eigenvalue weighted by Crippen LogP contribution is -2.20. The monoisotopic (exact) mass is 267 g/mol. The second-order valence-corrected chi connectivity index (χ2v) is 4.16. The van der Waals surface area contributed by atoms with Gasteiger partial charge >= 0.3 is 0 Å². The Labute approximate surface area is 115 Å². The highest BCUT2D eigenvalue weighted by Crippen LogP contribution is 2.13. The smallest absolute Gasteiger partial charge is 0.160 e. The molecule has 19 heavy (non-hydrogen) atoms. The molecule has 1 aromatic rings. The molecule has 0 unspecified atom stereocenters. The van der Waals surface area contributed by atoms with Gasteiger partial charge in [-0.15, -0.1) is 0 Å². The van der Waals surface area contributed by atoms with E-state index in [4.69, 9.17) is 19.9 Å². The maximum absolute atomic E-state index is 5.67. The van der Waals surface area contributed by atoms with Crippen LogP contribution in [0, 0.1) is 0 Å². The van der Waals surface area contributed by atoms with Crippen LogP contribution in [0.25, 0.3) is 0 Å². The zero-order valence-electron chi connectivity index (χ0n) is 11.9. The molecule has 0 amide bonds. The Balaban J connectivity index is 2.30. The Morgan fingerprint density at radius 1 is 1.05 bits per heavy atom. The van der Waals surface area contributed by atoms with Crippen molar-refractivity contribution in [3.63, 3.8) is 0 Å². The van der Waals surface area contributed by atoms with Crippen molar-refractivity contribution in [1.29, 1.82) is 0 Å². The topological polar surface area (TPSA) is 53.7 Å². The lowest BCUT2D eigenvalue weighted by Gasteiger charge is -2.17. The number of rotatable bonds is 10. The number of hydrogen-bond donors (Lipinski definition) is 1. The molecule has 0 saturated carbocycles. The van der Waals surface area contributed by atoms with Crippen molar-refractivity contribution in [2.45, 2.75) is 33.0 Å². The van der Waals surface area contributed by atoms with Crippen LogP contribution >= 0.6 is 0 Å². The molecule has 4 nitrogen and oxygen atoms in total. The van der Waals surface area contributed by atoms with E-state index in [1.807, 2.05) is 38.1 Å². The molecule has 0 heterocycles. The molecule has 4 heteroatoms. The summed E-state index contributed by atoms with van der Waals surface area (Å²) in [6.45, 7) is 6.48. The molecular weight excluding hydrogens is 242 g/mol. The number of benzene rings is 1. The first kappa shape index (κ1) is 16.0. The van der Waals surface area contributed by atoms with Crippen molar-refractivity contribution in [1.82, 2.24) is 0 Å². The van der Waals surface area contributed by atoms with Gasteiger partial charge in [-0.25, -0.2) is 0 Å². The van der Waals surface area contributed by atoms with Crippen LogP contribution in [-0.4, -0.2) is 32.7 Å². The number of hydrogen-bond acceptors (Lipinski definition) is 4. The van der Waals surface area contributed by atoms with Gasteiger partial charge in [0.05, 0.1) is 6.61 Å². The van der Waals surface area contributed by atoms with Crippen LogP contribution in [0.15, 0.2) is 24.3 Å². The first-order valence-corrected chi connectivity index (χ1v) is 6.95. The molecular formula is C15H25NO3. The number of nitrogens with two attached hydrogens (primary N) is 1. The molecule has 0 bridgehead atoms. The summed E-state index contributed by atoms with van der Waals surface area (Å²) in [4.78, 5) is 0. The highest BCUT2D eigenvalue weighted by atomic mass is 16.7. The van der Waals surface area contributed by atoms with Crippen LogP contribution in [0.1, 0.15) is 25.8 Å². The molecule has 0 aliphatic carbocycles. The zero-order valence-corrected chi connectivity index (χ0v) is 11.9. The standard InChI is InChI=1S/C15H25NO3/c1-3-17-15(18-4-2)10-12-19-14-7-5-13(6-8-14)9-11-16/h5-8,15H,3-4,9-12,16H2,1-2H3. The second-order valence-electron chi connectivity index (χ2n) is 4.16. The van der Waals surface area contributed by atoms with Gasteiger partial charge in [-0.3, -0.25) is 0 Å². The Morgan fingerprint density at radius 2 is 1.68 bits per heavy atom. The van der Waals surface area contributed by atoms with E-state index >= 15 is 0 Å². The SMILES string of the molecule is CCOC(CCOc1ccc(CCN)cc1)OCC. The molecule has 0 fully saturated rings. The average Bonchev–Trinajstić information content (AvgIpc) is 2.41.